The Morgan fingerprint density at radius 1 is 1.04 bits per heavy atom. The SMILES string of the molecule is C=CC(=O)C1CCC(c2ccc(-c3cnc(C(C)C)nc3)cc2)CC1. The third kappa shape index (κ3) is 4.04. The van der Waals surface area contributed by atoms with Crippen LogP contribution in [0.4, 0.5) is 0 Å². The molecule has 0 radical (unpaired) electrons. The summed E-state index contributed by atoms with van der Waals surface area (Å²) in [5.41, 5.74) is 3.57. The number of carbonyl (C=O) groups excluding carboxylic acids is 1. The van der Waals surface area contributed by atoms with Crippen molar-refractivity contribution in [1.82, 2.24) is 9.97 Å². The van der Waals surface area contributed by atoms with E-state index < -0.39 is 0 Å². The Balaban J connectivity index is 1.66. The van der Waals surface area contributed by atoms with E-state index in [0.717, 1.165) is 42.6 Å². The summed E-state index contributed by atoms with van der Waals surface area (Å²) in [4.78, 5) is 20.6. The first kappa shape index (κ1) is 17.5. The van der Waals surface area contributed by atoms with Crippen LogP contribution in [0.15, 0.2) is 49.3 Å². The van der Waals surface area contributed by atoms with Gasteiger partial charge in [0.1, 0.15) is 5.82 Å². The Morgan fingerprint density at radius 3 is 2.16 bits per heavy atom. The van der Waals surface area contributed by atoms with E-state index in [1.807, 2.05) is 12.4 Å². The van der Waals surface area contributed by atoms with Gasteiger partial charge in [0, 0.05) is 29.8 Å². The van der Waals surface area contributed by atoms with Crippen LogP contribution in [0.5, 0.6) is 0 Å². The lowest BCUT2D eigenvalue weighted by atomic mass is 9.77. The number of aromatic nitrogens is 2. The van der Waals surface area contributed by atoms with Crippen LogP contribution in [0.2, 0.25) is 0 Å². The number of rotatable bonds is 5. The van der Waals surface area contributed by atoms with Gasteiger partial charge in [-0.3, -0.25) is 4.79 Å². The Hall–Kier alpha value is -2.29. The fraction of sp³-hybridized carbons (Fsp3) is 0.409. The van der Waals surface area contributed by atoms with E-state index in [9.17, 15) is 4.79 Å². The monoisotopic (exact) mass is 334 g/mol. The lowest BCUT2D eigenvalue weighted by Crippen LogP contribution is -2.19. The molecule has 1 aliphatic rings. The third-order valence-corrected chi connectivity index (χ3v) is 5.23. The maximum absolute atomic E-state index is 11.7. The molecule has 1 heterocycles. The van der Waals surface area contributed by atoms with Gasteiger partial charge in [0.05, 0.1) is 0 Å². The smallest absolute Gasteiger partial charge is 0.158 e. The van der Waals surface area contributed by atoms with E-state index in [1.165, 1.54) is 11.6 Å². The Labute approximate surface area is 150 Å². The van der Waals surface area contributed by atoms with Crippen LogP contribution in [-0.4, -0.2) is 15.8 Å². The number of allylic oxidation sites excluding steroid dienone is 1. The molecule has 0 aliphatic heterocycles. The van der Waals surface area contributed by atoms with E-state index in [1.54, 1.807) is 0 Å². The molecule has 1 aromatic heterocycles. The quantitative estimate of drug-likeness (QED) is 0.697. The lowest BCUT2D eigenvalue weighted by Gasteiger charge is -2.27. The average Bonchev–Trinajstić information content (AvgIpc) is 2.67. The van der Waals surface area contributed by atoms with Crippen molar-refractivity contribution in [3.05, 3.63) is 60.7 Å². The number of benzene rings is 1. The summed E-state index contributed by atoms with van der Waals surface area (Å²) in [6.07, 6.45) is 9.40. The highest BCUT2D eigenvalue weighted by Crippen LogP contribution is 2.36. The van der Waals surface area contributed by atoms with Crippen molar-refractivity contribution in [2.24, 2.45) is 5.92 Å². The second kappa shape index (κ2) is 7.73. The van der Waals surface area contributed by atoms with Crippen molar-refractivity contribution in [3.8, 4) is 11.1 Å². The molecule has 3 heteroatoms. The minimum absolute atomic E-state index is 0.185. The first-order valence-corrected chi connectivity index (χ1v) is 9.17. The van der Waals surface area contributed by atoms with Gasteiger partial charge in [0.25, 0.3) is 0 Å². The zero-order valence-electron chi connectivity index (χ0n) is 15.1. The van der Waals surface area contributed by atoms with E-state index in [0.29, 0.717) is 11.8 Å². The molecule has 1 saturated carbocycles. The Kier molecular flexibility index (Phi) is 5.42. The molecule has 3 nitrogen and oxygen atoms in total. The molecule has 2 aromatic rings. The Bertz CT molecular complexity index is 724. The van der Waals surface area contributed by atoms with E-state index in [2.05, 4.69) is 54.7 Å². The molecular weight excluding hydrogens is 308 g/mol. The lowest BCUT2D eigenvalue weighted by molar-refractivity contribution is -0.119. The van der Waals surface area contributed by atoms with Gasteiger partial charge in [-0.25, -0.2) is 9.97 Å². The number of carbonyl (C=O) groups is 1. The van der Waals surface area contributed by atoms with Gasteiger partial charge in [0.15, 0.2) is 5.78 Å². The highest BCUT2D eigenvalue weighted by atomic mass is 16.1. The topological polar surface area (TPSA) is 42.9 Å². The van der Waals surface area contributed by atoms with Crippen LogP contribution < -0.4 is 0 Å². The molecule has 1 aromatic carbocycles. The van der Waals surface area contributed by atoms with Crippen molar-refractivity contribution in [2.45, 2.75) is 51.4 Å². The number of nitrogens with zero attached hydrogens (tertiary/aromatic N) is 2. The molecule has 0 spiro atoms. The van der Waals surface area contributed by atoms with Crippen molar-refractivity contribution in [2.75, 3.05) is 0 Å². The molecule has 0 N–H and O–H groups in total. The molecule has 0 amide bonds. The van der Waals surface area contributed by atoms with Gasteiger partial charge < -0.3 is 0 Å². The minimum atomic E-state index is 0.185. The van der Waals surface area contributed by atoms with Crippen LogP contribution in [0.25, 0.3) is 11.1 Å². The molecular formula is C22H26N2O. The van der Waals surface area contributed by atoms with Crippen LogP contribution in [0.1, 0.15) is 62.8 Å². The van der Waals surface area contributed by atoms with Crippen LogP contribution in [0, 0.1) is 5.92 Å². The molecule has 0 saturated heterocycles. The van der Waals surface area contributed by atoms with Crippen LogP contribution >= 0.6 is 0 Å². The molecule has 3 rings (SSSR count). The Morgan fingerprint density at radius 2 is 1.64 bits per heavy atom. The number of hydrogen-bond donors (Lipinski definition) is 0. The summed E-state index contributed by atoms with van der Waals surface area (Å²) in [6.45, 7) is 7.80. The average molecular weight is 334 g/mol. The molecule has 1 aliphatic carbocycles. The van der Waals surface area contributed by atoms with E-state index >= 15 is 0 Å². The highest BCUT2D eigenvalue weighted by Gasteiger charge is 2.25. The molecule has 0 bridgehead atoms. The standard InChI is InChI=1S/C22H26N2O/c1-4-21(25)19-11-9-17(10-12-19)16-5-7-18(8-6-16)20-13-23-22(15(2)3)24-14-20/h4-8,13-15,17,19H,1,9-12H2,2-3H3. The van der Waals surface area contributed by atoms with Crippen molar-refractivity contribution >= 4 is 5.78 Å². The first-order valence-electron chi connectivity index (χ1n) is 9.17. The second-order valence-electron chi connectivity index (χ2n) is 7.26. The van der Waals surface area contributed by atoms with E-state index in [-0.39, 0.29) is 11.7 Å². The maximum Gasteiger partial charge on any atom is 0.158 e. The summed E-state index contributed by atoms with van der Waals surface area (Å²) in [7, 11) is 0. The van der Waals surface area contributed by atoms with Crippen LogP contribution in [-0.2, 0) is 4.79 Å². The van der Waals surface area contributed by atoms with Gasteiger partial charge in [0.2, 0.25) is 0 Å². The normalized spacial score (nSPS) is 20.4. The predicted molar refractivity (Wildman–Crippen MR) is 101 cm³/mol. The zero-order valence-corrected chi connectivity index (χ0v) is 15.1. The van der Waals surface area contributed by atoms with Gasteiger partial charge in [-0.1, -0.05) is 44.7 Å². The summed E-state index contributed by atoms with van der Waals surface area (Å²) < 4.78 is 0. The summed E-state index contributed by atoms with van der Waals surface area (Å²) in [5.74, 6) is 2.18. The number of ketones is 1. The van der Waals surface area contributed by atoms with Crippen molar-refractivity contribution in [3.63, 3.8) is 0 Å². The van der Waals surface area contributed by atoms with Gasteiger partial charge in [-0.15, -0.1) is 0 Å². The van der Waals surface area contributed by atoms with Crippen molar-refractivity contribution < 1.29 is 4.79 Å². The maximum atomic E-state index is 11.7. The number of hydrogen-bond acceptors (Lipinski definition) is 3. The summed E-state index contributed by atoms with van der Waals surface area (Å²) >= 11 is 0. The third-order valence-electron chi connectivity index (χ3n) is 5.23. The second-order valence-corrected chi connectivity index (χ2v) is 7.26. The van der Waals surface area contributed by atoms with Crippen LogP contribution in [0.3, 0.4) is 0 Å². The van der Waals surface area contributed by atoms with Crippen molar-refractivity contribution in [1.29, 1.82) is 0 Å². The van der Waals surface area contributed by atoms with E-state index in [4.69, 9.17) is 0 Å². The minimum Gasteiger partial charge on any atom is -0.295 e. The van der Waals surface area contributed by atoms with Gasteiger partial charge in [-0.05, 0) is 48.8 Å². The molecule has 1 fully saturated rings. The molecule has 0 unspecified atom stereocenters. The van der Waals surface area contributed by atoms with Gasteiger partial charge >= 0.3 is 0 Å². The first-order chi connectivity index (χ1) is 12.1. The summed E-state index contributed by atoms with van der Waals surface area (Å²) in [6, 6.07) is 8.74. The predicted octanol–water partition coefficient (Wildman–Crippen LogP) is 5.30. The molecule has 130 valence electrons. The summed E-state index contributed by atoms with van der Waals surface area (Å²) in [5, 5.41) is 0. The fourth-order valence-electron chi connectivity index (χ4n) is 3.61. The molecule has 25 heavy (non-hydrogen) atoms. The van der Waals surface area contributed by atoms with Gasteiger partial charge in [-0.2, -0.15) is 0 Å². The highest BCUT2D eigenvalue weighted by molar-refractivity contribution is 5.91. The zero-order chi connectivity index (χ0) is 17.8. The fourth-order valence-corrected chi connectivity index (χ4v) is 3.61. The molecule has 0 atom stereocenters. The largest absolute Gasteiger partial charge is 0.295 e.